The van der Waals surface area contributed by atoms with Crippen molar-refractivity contribution in [2.24, 2.45) is 0 Å². The van der Waals surface area contributed by atoms with Gasteiger partial charge in [-0.3, -0.25) is 4.79 Å². The molecule has 0 spiro atoms. The van der Waals surface area contributed by atoms with E-state index < -0.39 is 0 Å². The van der Waals surface area contributed by atoms with E-state index in [1.165, 1.54) is 0 Å². The van der Waals surface area contributed by atoms with Crippen LogP contribution in [0.5, 0.6) is 0 Å². The van der Waals surface area contributed by atoms with Gasteiger partial charge < -0.3 is 0 Å². The fourth-order valence-electron chi connectivity index (χ4n) is 1.05. The van der Waals surface area contributed by atoms with E-state index in [-0.39, 0.29) is 5.78 Å². The Kier molecular flexibility index (Phi) is 3.90. The first-order valence-electron chi connectivity index (χ1n) is 4.13. The minimum absolute atomic E-state index is 0.0647. The van der Waals surface area contributed by atoms with Gasteiger partial charge in [-0.2, -0.15) is 0 Å². The number of hydrogen-bond acceptors (Lipinski definition) is 1. The summed E-state index contributed by atoms with van der Waals surface area (Å²) in [5, 5.41) is 0.608. The number of carbonyl (C=O) groups excluding carboxylic acids is 1. The summed E-state index contributed by atoms with van der Waals surface area (Å²) in [7, 11) is 0. The minimum Gasteiger partial charge on any atom is -0.294 e. The van der Waals surface area contributed by atoms with Crippen LogP contribution in [0, 0.1) is 0 Å². The van der Waals surface area contributed by atoms with Crippen LogP contribution in [0.15, 0.2) is 34.8 Å². The third-order valence-corrected chi connectivity index (χ3v) is 2.92. The first-order valence-corrected chi connectivity index (χ1v) is 5.30. The minimum atomic E-state index is 0.0647. The van der Waals surface area contributed by atoms with E-state index in [1.807, 2.05) is 6.92 Å². The fourth-order valence-corrected chi connectivity index (χ4v) is 1.54. The second-order valence-electron chi connectivity index (χ2n) is 3.19. The van der Waals surface area contributed by atoms with Gasteiger partial charge in [-0.1, -0.05) is 23.8 Å². The molecule has 0 heterocycles. The van der Waals surface area contributed by atoms with Crippen LogP contribution in [0.2, 0.25) is 5.02 Å². The van der Waals surface area contributed by atoms with Crippen LogP contribution < -0.4 is 0 Å². The monoisotopic (exact) mass is 272 g/mol. The van der Waals surface area contributed by atoms with Gasteiger partial charge in [0, 0.05) is 16.5 Å². The van der Waals surface area contributed by atoms with Crippen LogP contribution in [0.4, 0.5) is 0 Å². The van der Waals surface area contributed by atoms with Crippen LogP contribution in [0.25, 0.3) is 0 Å². The normalized spacial score (nSPS) is 9.93. The summed E-state index contributed by atoms with van der Waals surface area (Å²) in [5.74, 6) is 0.0647. The Labute approximate surface area is 96.9 Å². The first kappa shape index (κ1) is 11.5. The molecule has 0 unspecified atom stereocenters. The van der Waals surface area contributed by atoms with Crippen molar-refractivity contribution in [1.82, 2.24) is 0 Å². The maximum Gasteiger partial charge on any atom is 0.166 e. The average Bonchev–Trinajstić information content (AvgIpc) is 2.08. The third kappa shape index (κ3) is 2.96. The van der Waals surface area contributed by atoms with Crippen molar-refractivity contribution in [2.75, 3.05) is 0 Å². The van der Waals surface area contributed by atoms with Crippen molar-refractivity contribution < 1.29 is 4.79 Å². The third-order valence-electron chi connectivity index (χ3n) is 1.70. The van der Waals surface area contributed by atoms with E-state index in [0.29, 0.717) is 17.0 Å². The van der Waals surface area contributed by atoms with Crippen LogP contribution in [-0.2, 0) is 0 Å². The Morgan fingerprint density at radius 1 is 1.57 bits per heavy atom. The molecule has 0 bridgehead atoms. The zero-order valence-corrected chi connectivity index (χ0v) is 10.2. The van der Waals surface area contributed by atoms with Crippen molar-refractivity contribution in [3.8, 4) is 0 Å². The predicted octanol–water partition coefficient (Wildman–Crippen LogP) is 4.25. The smallest absolute Gasteiger partial charge is 0.166 e. The molecule has 0 aliphatic heterocycles. The summed E-state index contributed by atoms with van der Waals surface area (Å²) >= 11 is 9.09. The van der Waals surface area contributed by atoms with Crippen molar-refractivity contribution in [2.45, 2.75) is 13.3 Å². The van der Waals surface area contributed by atoms with Crippen molar-refractivity contribution in [1.29, 1.82) is 0 Å². The molecule has 0 fully saturated rings. The SMILES string of the molecule is C=C(C)CC(=O)c1ccc(Cl)c(Br)c1. The van der Waals surface area contributed by atoms with Crippen molar-refractivity contribution in [3.63, 3.8) is 0 Å². The number of hydrogen-bond donors (Lipinski definition) is 0. The molecule has 0 aliphatic rings. The summed E-state index contributed by atoms with van der Waals surface area (Å²) in [6.07, 6.45) is 0.383. The second kappa shape index (κ2) is 4.76. The molecule has 0 radical (unpaired) electrons. The molecule has 1 nitrogen and oxygen atoms in total. The van der Waals surface area contributed by atoms with Gasteiger partial charge in [0.05, 0.1) is 5.02 Å². The molecular weight excluding hydrogens is 263 g/mol. The van der Waals surface area contributed by atoms with E-state index in [1.54, 1.807) is 18.2 Å². The number of rotatable bonds is 3. The number of allylic oxidation sites excluding steroid dienone is 1. The molecule has 0 atom stereocenters. The molecule has 0 saturated carbocycles. The van der Waals surface area contributed by atoms with E-state index in [4.69, 9.17) is 11.6 Å². The van der Waals surface area contributed by atoms with Crippen LogP contribution in [0.1, 0.15) is 23.7 Å². The molecule has 0 aliphatic carbocycles. The lowest BCUT2D eigenvalue weighted by Gasteiger charge is -2.02. The van der Waals surface area contributed by atoms with E-state index in [2.05, 4.69) is 22.5 Å². The highest BCUT2D eigenvalue weighted by atomic mass is 79.9. The molecule has 14 heavy (non-hydrogen) atoms. The maximum absolute atomic E-state index is 11.6. The van der Waals surface area contributed by atoms with Crippen LogP contribution in [0.3, 0.4) is 0 Å². The molecule has 0 aromatic heterocycles. The molecule has 74 valence electrons. The quantitative estimate of drug-likeness (QED) is 0.594. The molecule has 1 aromatic rings. The number of ketones is 1. The summed E-state index contributed by atoms with van der Waals surface area (Å²) in [4.78, 5) is 11.6. The number of halogens is 2. The highest BCUT2D eigenvalue weighted by Crippen LogP contribution is 2.24. The van der Waals surface area contributed by atoms with E-state index in [9.17, 15) is 4.79 Å². The van der Waals surface area contributed by atoms with Gasteiger partial charge in [0.1, 0.15) is 0 Å². The molecule has 0 N–H and O–H groups in total. The fraction of sp³-hybridized carbons (Fsp3) is 0.182. The second-order valence-corrected chi connectivity index (χ2v) is 4.45. The summed E-state index contributed by atoms with van der Waals surface area (Å²) < 4.78 is 0.742. The number of Topliss-reactive ketones (excluding diaryl/α,β-unsaturated/α-hetero) is 1. The summed E-state index contributed by atoms with van der Waals surface area (Å²) in [6.45, 7) is 5.54. The Balaban J connectivity index is 2.91. The van der Waals surface area contributed by atoms with E-state index >= 15 is 0 Å². The topological polar surface area (TPSA) is 17.1 Å². The highest BCUT2D eigenvalue weighted by molar-refractivity contribution is 9.10. The van der Waals surface area contributed by atoms with Gasteiger partial charge in [-0.25, -0.2) is 0 Å². The van der Waals surface area contributed by atoms with Gasteiger partial charge in [0.25, 0.3) is 0 Å². The molecule has 1 rings (SSSR count). The first-order chi connectivity index (χ1) is 6.50. The lowest BCUT2D eigenvalue weighted by atomic mass is 10.1. The van der Waals surface area contributed by atoms with Gasteiger partial charge in [-0.05, 0) is 41.1 Å². The molecule has 0 saturated heterocycles. The largest absolute Gasteiger partial charge is 0.294 e. The van der Waals surface area contributed by atoms with Gasteiger partial charge in [-0.15, -0.1) is 0 Å². The van der Waals surface area contributed by atoms with Gasteiger partial charge in [0.2, 0.25) is 0 Å². The standard InChI is InChI=1S/C11H10BrClO/c1-7(2)5-11(14)8-3-4-10(13)9(12)6-8/h3-4,6H,1,5H2,2H3. The van der Waals surface area contributed by atoms with Crippen LogP contribution in [-0.4, -0.2) is 5.78 Å². The Bertz CT molecular complexity index is 385. The van der Waals surface area contributed by atoms with Crippen molar-refractivity contribution >= 4 is 33.3 Å². The molecule has 1 aromatic carbocycles. The zero-order chi connectivity index (χ0) is 10.7. The van der Waals surface area contributed by atoms with Crippen LogP contribution >= 0.6 is 27.5 Å². The lowest BCUT2D eigenvalue weighted by molar-refractivity contribution is 0.0993. The molecule has 3 heteroatoms. The number of carbonyl (C=O) groups is 1. The predicted molar refractivity (Wildman–Crippen MR) is 62.9 cm³/mol. The van der Waals surface area contributed by atoms with Gasteiger partial charge in [0.15, 0.2) is 5.78 Å². The summed E-state index contributed by atoms with van der Waals surface area (Å²) in [5.41, 5.74) is 1.52. The highest BCUT2D eigenvalue weighted by Gasteiger charge is 2.07. The molecular formula is C11H10BrClO. The molecule has 0 amide bonds. The Morgan fingerprint density at radius 3 is 2.71 bits per heavy atom. The zero-order valence-electron chi connectivity index (χ0n) is 7.81. The van der Waals surface area contributed by atoms with Crippen molar-refractivity contribution in [3.05, 3.63) is 45.4 Å². The Hall–Kier alpha value is -0.600. The summed E-state index contributed by atoms with van der Waals surface area (Å²) in [6, 6.07) is 5.16. The maximum atomic E-state index is 11.6. The van der Waals surface area contributed by atoms with E-state index in [0.717, 1.165) is 10.0 Å². The lowest BCUT2D eigenvalue weighted by Crippen LogP contribution is -1.98. The number of benzene rings is 1. The Morgan fingerprint density at radius 2 is 2.21 bits per heavy atom. The average molecular weight is 274 g/mol. The van der Waals surface area contributed by atoms with Gasteiger partial charge >= 0.3 is 0 Å².